The molecule has 0 radical (unpaired) electrons. The van der Waals surface area contributed by atoms with Gasteiger partial charge in [-0.25, -0.2) is 8.42 Å². The first-order valence-electron chi connectivity index (χ1n) is 6.76. The molecule has 8 nitrogen and oxygen atoms in total. The molecule has 0 aliphatic rings. The molecular formula is C15H16N2O6S. The van der Waals surface area contributed by atoms with E-state index in [1.54, 1.807) is 12.1 Å². The van der Waals surface area contributed by atoms with Gasteiger partial charge in [-0.1, -0.05) is 0 Å². The summed E-state index contributed by atoms with van der Waals surface area (Å²) in [6.45, 7) is 0. The number of anilines is 1. The van der Waals surface area contributed by atoms with Gasteiger partial charge in [-0.2, -0.15) is 0 Å². The lowest BCUT2D eigenvalue weighted by molar-refractivity contribution is -0.384. The summed E-state index contributed by atoms with van der Waals surface area (Å²) in [5, 5.41) is 10.7. The number of sulfonamides is 1. The quantitative estimate of drug-likeness (QED) is 0.585. The molecular weight excluding hydrogens is 336 g/mol. The number of rotatable bonds is 6. The maximum absolute atomic E-state index is 12.7. The smallest absolute Gasteiger partial charge is 0.269 e. The predicted octanol–water partition coefficient (Wildman–Crippen LogP) is 2.44. The Balaban J connectivity index is 2.40. The van der Waals surface area contributed by atoms with Gasteiger partial charge in [-0.3, -0.25) is 14.4 Å². The zero-order valence-corrected chi connectivity index (χ0v) is 14.1. The van der Waals surface area contributed by atoms with Crippen molar-refractivity contribution in [3.8, 4) is 11.5 Å². The van der Waals surface area contributed by atoms with Crippen molar-refractivity contribution < 1.29 is 22.8 Å². The zero-order chi connectivity index (χ0) is 17.9. The van der Waals surface area contributed by atoms with Crippen molar-refractivity contribution in [1.82, 2.24) is 0 Å². The molecule has 0 N–H and O–H groups in total. The first kappa shape index (κ1) is 17.5. The van der Waals surface area contributed by atoms with Gasteiger partial charge in [-0.05, 0) is 24.3 Å². The molecule has 0 saturated carbocycles. The van der Waals surface area contributed by atoms with E-state index >= 15 is 0 Å². The summed E-state index contributed by atoms with van der Waals surface area (Å²) in [5.74, 6) is 0.864. The van der Waals surface area contributed by atoms with E-state index in [-0.39, 0.29) is 10.6 Å². The predicted molar refractivity (Wildman–Crippen MR) is 88.2 cm³/mol. The van der Waals surface area contributed by atoms with Gasteiger partial charge in [0.1, 0.15) is 0 Å². The van der Waals surface area contributed by atoms with Crippen molar-refractivity contribution in [3.63, 3.8) is 0 Å². The molecule has 0 unspecified atom stereocenters. The second-order valence-electron chi connectivity index (χ2n) is 4.76. The standard InChI is InChI=1S/C15H16N2O6S/c1-16(12-6-9-14(22-2)15(10-12)23-3)24(20,21)13-7-4-11(5-8-13)17(18)19/h4-10H,1-3H3. The summed E-state index contributed by atoms with van der Waals surface area (Å²) in [5.41, 5.74) is 0.189. The highest BCUT2D eigenvalue weighted by atomic mass is 32.2. The molecule has 0 spiro atoms. The third kappa shape index (κ3) is 3.25. The number of nitrogens with zero attached hydrogens (tertiary/aromatic N) is 2. The number of methoxy groups -OCH3 is 2. The van der Waals surface area contributed by atoms with Crippen LogP contribution in [0.15, 0.2) is 47.4 Å². The van der Waals surface area contributed by atoms with Crippen LogP contribution in [0.5, 0.6) is 11.5 Å². The fraction of sp³-hybridized carbons (Fsp3) is 0.200. The van der Waals surface area contributed by atoms with Crippen LogP contribution in [0.1, 0.15) is 0 Å². The fourth-order valence-electron chi connectivity index (χ4n) is 2.06. The van der Waals surface area contributed by atoms with E-state index in [2.05, 4.69) is 0 Å². The van der Waals surface area contributed by atoms with E-state index in [0.29, 0.717) is 17.2 Å². The molecule has 0 heterocycles. The van der Waals surface area contributed by atoms with E-state index in [4.69, 9.17) is 9.47 Å². The summed E-state index contributed by atoms with van der Waals surface area (Å²) in [4.78, 5) is 10.0. The van der Waals surface area contributed by atoms with Gasteiger partial charge in [0, 0.05) is 25.2 Å². The van der Waals surface area contributed by atoms with E-state index in [1.165, 1.54) is 39.5 Å². The molecule has 2 rings (SSSR count). The molecule has 0 saturated heterocycles. The van der Waals surface area contributed by atoms with Crippen LogP contribution in [-0.2, 0) is 10.0 Å². The van der Waals surface area contributed by atoms with Crippen LogP contribution in [0.4, 0.5) is 11.4 Å². The molecule has 0 bridgehead atoms. The van der Waals surface area contributed by atoms with Gasteiger partial charge in [0.15, 0.2) is 11.5 Å². The van der Waals surface area contributed by atoms with Gasteiger partial charge >= 0.3 is 0 Å². The van der Waals surface area contributed by atoms with Gasteiger partial charge in [-0.15, -0.1) is 0 Å². The Bertz CT molecular complexity index is 849. The first-order valence-corrected chi connectivity index (χ1v) is 8.20. The molecule has 0 fully saturated rings. The van der Waals surface area contributed by atoms with E-state index in [0.717, 1.165) is 16.4 Å². The number of nitro groups is 1. The summed E-state index contributed by atoms with van der Waals surface area (Å²) in [6, 6.07) is 9.39. The van der Waals surface area contributed by atoms with Crippen molar-refractivity contribution in [1.29, 1.82) is 0 Å². The largest absolute Gasteiger partial charge is 0.493 e. The maximum Gasteiger partial charge on any atom is 0.269 e. The van der Waals surface area contributed by atoms with Crippen molar-refractivity contribution in [2.24, 2.45) is 0 Å². The van der Waals surface area contributed by atoms with Gasteiger partial charge in [0.05, 0.1) is 29.7 Å². The number of benzene rings is 2. The van der Waals surface area contributed by atoms with Crippen molar-refractivity contribution in [2.45, 2.75) is 4.90 Å². The van der Waals surface area contributed by atoms with Crippen LogP contribution >= 0.6 is 0 Å². The van der Waals surface area contributed by atoms with Crippen LogP contribution < -0.4 is 13.8 Å². The number of ether oxygens (including phenoxy) is 2. The number of hydrogen-bond acceptors (Lipinski definition) is 6. The molecule has 0 aromatic heterocycles. The first-order chi connectivity index (χ1) is 11.3. The Morgan fingerprint density at radius 2 is 1.58 bits per heavy atom. The van der Waals surface area contributed by atoms with Gasteiger partial charge in [0.25, 0.3) is 15.7 Å². The number of hydrogen-bond donors (Lipinski definition) is 0. The lowest BCUT2D eigenvalue weighted by Crippen LogP contribution is -2.26. The normalized spacial score (nSPS) is 11.0. The highest BCUT2D eigenvalue weighted by Crippen LogP contribution is 2.33. The Kier molecular flexibility index (Phi) is 4.93. The molecule has 2 aromatic rings. The Hall–Kier alpha value is -2.81. The average Bonchev–Trinajstić information content (AvgIpc) is 2.60. The topological polar surface area (TPSA) is 99.0 Å². The van der Waals surface area contributed by atoms with Crippen molar-refractivity contribution in [3.05, 3.63) is 52.6 Å². The van der Waals surface area contributed by atoms with Crippen LogP contribution in [0.3, 0.4) is 0 Å². The molecule has 0 aliphatic carbocycles. The lowest BCUT2D eigenvalue weighted by atomic mass is 10.3. The third-order valence-corrected chi connectivity index (χ3v) is 5.24. The molecule has 128 valence electrons. The summed E-state index contributed by atoms with van der Waals surface area (Å²) < 4.78 is 36.7. The van der Waals surface area contributed by atoms with Crippen LogP contribution in [0, 0.1) is 10.1 Å². The summed E-state index contributed by atoms with van der Waals surface area (Å²) >= 11 is 0. The van der Waals surface area contributed by atoms with Crippen LogP contribution in [-0.4, -0.2) is 34.6 Å². The Labute approximate surface area is 139 Å². The summed E-state index contributed by atoms with van der Waals surface area (Å²) in [7, 11) is 0.454. The molecule has 24 heavy (non-hydrogen) atoms. The Morgan fingerprint density at radius 3 is 2.08 bits per heavy atom. The SMILES string of the molecule is COc1ccc(N(C)S(=O)(=O)c2ccc([N+](=O)[O-])cc2)cc1OC. The highest BCUT2D eigenvalue weighted by Gasteiger charge is 2.23. The molecule has 0 aliphatic heterocycles. The van der Waals surface area contributed by atoms with Gasteiger partial charge < -0.3 is 9.47 Å². The van der Waals surface area contributed by atoms with E-state index < -0.39 is 14.9 Å². The third-order valence-electron chi connectivity index (χ3n) is 3.44. The van der Waals surface area contributed by atoms with Crippen molar-refractivity contribution in [2.75, 3.05) is 25.6 Å². The minimum absolute atomic E-state index is 0.0506. The molecule has 0 atom stereocenters. The van der Waals surface area contributed by atoms with E-state index in [1.807, 2.05) is 0 Å². The minimum atomic E-state index is -3.86. The minimum Gasteiger partial charge on any atom is -0.493 e. The monoisotopic (exact) mass is 352 g/mol. The average molecular weight is 352 g/mol. The zero-order valence-electron chi connectivity index (χ0n) is 13.3. The second-order valence-corrected chi connectivity index (χ2v) is 6.73. The number of nitro benzene ring substituents is 1. The van der Waals surface area contributed by atoms with Crippen LogP contribution in [0.2, 0.25) is 0 Å². The maximum atomic E-state index is 12.7. The van der Waals surface area contributed by atoms with E-state index in [9.17, 15) is 18.5 Å². The number of non-ortho nitro benzene ring substituents is 1. The second kappa shape index (κ2) is 6.75. The highest BCUT2D eigenvalue weighted by molar-refractivity contribution is 7.92. The molecule has 9 heteroatoms. The molecule has 2 aromatic carbocycles. The van der Waals surface area contributed by atoms with Gasteiger partial charge in [0.2, 0.25) is 0 Å². The lowest BCUT2D eigenvalue weighted by Gasteiger charge is -2.20. The van der Waals surface area contributed by atoms with Crippen LogP contribution in [0.25, 0.3) is 0 Å². The van der Waals surface area contributed by atoms with Crippen molar-refractivity contribution >= 4 is 21.4 Å². The Morgan fingerprint density at radius 1 is 1.00 bits per heavy atom. The fourth-order valence-corrected chi connectivity index (χ4v) is 3.24. The molecule has 0 amide bonds. The summed E-state index contributed by atoms with van der Waals surface area (Å²) in [6.07, 6.45) is 0.